The van der Waals surface area contributed by atoms with Gasteiger partial charge in [-0.3, -0.25) is 0 Å². The Morgan fingerprint density at radius 2 is 1.90 bits per heavy atom. The van der Waals surface area contributed by atoms with Crippen molar-refractivity contribution < 1.29 is 33.6 Å². The second-order valence-electron chi connectivity index (χ2n) is 2.86. The molecule has 0 bridgehead atoms. The second-order valence-corrected chi connectivity index (χ2v) is 3.54. The molecule has 4 heteroatoms. The summed E-state index contributed by atoms with van der Waals surface area (Å²) in [5, 5.41) is 8.51. The number of aliphatic hydroxyl groups excluding tert-OH is 1. The number of nitrogens with zero attached hydrogens (tertiary/aromatic N) is 1. The van der Waals surface area contributed by atoms with Gasteiger partial charge in [0.25, 0.3) is 0 Å². The van der Waals surface area contributed by atoms with Crippen molar-refractivity contribution in [2.24, 2.45) is 0 Å². The lowest BCUT2D eigenvalue weighted by molar-refractivity contribution is -0.874. The van der Waals surface area contributed by atoms with E-state index < -0.39 is 0 Å². The molecular formula is C6H15I2NO. The van der Waals surface area contributed by atoms with Gasteiger partial charge in [0.1, 0.15) is 4.55 Å². The van der Waals surface area contributed by atoms with Crippen LogP contribution in [-0.4, -0.2) is 41.4 Å². The van der Waals surface area contributed by atoms with Gasteiger partial charge < -0.3 is 33.6 Å². The van der Waals surface area contributed by atoms with Gasteiger partial charge in [0.05, 0.1) is 20.6 Å². The van der Waals surface area contributed by atoms with Gasteiger partial charge in [-0.15, -0.1) is 0 Å². The molecular weight excluding hydrogens is 356 g/mol. The molecule has 0 atom stereocenters. The first-order valence-corrected chi connectivity index (χ1v) is 4.64. The standard InChI is InChI=1S/C6H15INO.HI/c1-8(2,6-7)4-3-5-9;/h9H,3-6H2,1-2H3;1H/q+1;/p-1. The Kier molecular flexibility index (Phi) is 9.83. The summed E-state index contributed by atoms with van der Waals surface area (Å²) in [6, 6.07) is 0. The Hall–Kier alpha value is 1.38. The maximum atomic E-state index is 8.51. The molecule has 0 aromatic rings. The lowest BCUT2D eigenvalue weighted by Crippen LogP contribution is -3.00. The van der Waals surface area contributed by atoms with E-state index in [-0.39, 0.29) is 24.0 Å². The summed E-state index contributed by atoms with van der Waals surface area (Å²) in [5.41, 5.74) is 0. The Bertz CT molecular complexity index is 78.1. The Morgan fingerprint density at radius 3 is 2.20 bits per heavy atom. The van der Waals surface area contributed by atoms with E-state index in [2.05, 4.69) is 36.7 Å². The highest BCUT2D eigenvalue weighted by Crippen LogP contribution is 2.01. The number of rotatable bonds is 4. The molecule has 0 rings (SSSR count). The quantitative estimate of drug-likeness (QED) is 0.259. The Morgan fingerprint density at radius 1 is 1.40 bits per heavy atom. The summed E-state index contributed by atoms with van der Waals surface area (Å²) >= 11 is 2.36. The fourth-order valence-corrected chi connectivity index (χ4v) is 0.900. The highest BCUT2D eigenvalue weighted by atomic mass is 127. The van der Waals surface area contributed by atoms with Crippen molar-refractivity contribution in [3.63, 3.8) is 0 Å². The number of alkyl halides is 1. The molecule has 0 aromatic heterocycles. The summed E-state index contributed by atoms with van der Waals surface area (Å²) in [6.07, 6.45) is 0.913. The maximum absolute atomic E-state index is 8.51. The third-order valence-electron chi connectivity index (χ3n) is 1.25. The van der Waals surface area contributed by atoms with E-state index in [0.29, 0.717) is 6.61 Å². The predicted octanol–water partition coefficient (Wildman–Crippen LogP) is -2.16. The van der Waals surface area contributed by atoms with Crippen LogP contribution in [0.5, 0.6) is 0 Å². The van der Waals surface area contributed by atoms with Gasteiger partial charge in [-0.05, 0) is 22.6 Å². The van der Waals surface area contributed by atoms with Crippen molar-refractivity contribution in [3.05, 3.63) is 0 Å². The maximum Gasteiger partial charge on any atom is 0.129 e. The number of aliphatic hydroxyl groups is 1. The first kappa shape index (κ1) is 13.9. The third-order valence-corrected chi connectivity index (χ3v) is 3.09. The van der Waals surface area contributed by atoms with Crippen LogP contribution in [0.25, 0.3) is 0 Å². The minimum absolute atomic E-state index is 0. The molecule has 0 aliphatic heterocycles. The minimum atomic E-state index is 0. The van der Waals surface area contributed by atoms with Crippen LogP contribution in [0.1, 0.15) is 6.42 Å². The van der Waals surface area contributed by atoms with Crippen LogP contribution in [0.3, 0.4) is 0 Å². The highest BCUT2D eigenvalue weighted by Gasteiger charge is 2.10. The van der Waals surface area contributed by atoms with E-state index >= 15 is 0 Å². The lowest BCUT2D eigenvalue weighted by Gasteiger charge is -2.26. The highest BCUT2D eigenvalue weighted by molar-refractivity contribution is 14.1. The molecule has 0 unspecified atom stereocenters. The van der Waals surface area contributed by atoms with Crippen molar-refractivity contribution in [1.82, 2.24) is 0 Å². The fraction of sp³-hybridized carbons (Fsp3) is 1.00. The van der Waals surface area contributed by atoms with Crippen molar-refractivity contribution in [3.8, 4) is 0 Å². The van der Waals surface area contributed by atoms with E-state index in [1.165, 1.54) is 0 Å². The molecule has 0 radical (unpaired) electrons. The minimum Gasteiger partial charge on any atom is -1.00 e. The Balaban J connectivity index is 0. The molecule has 0 saturated carbocycles. The van der Waals surface area contributed by atoms with Gasteiger partial charge >= 0.3 is 0 Å². The van der Waals surface area contributed by atoms with Crippen molar-refractivity contribution in [2.45, 2.75) is 6.42 Å². The van der Waals surface area contributed by atoms with Gasteiger partial charge in [-0.25, -0.2) is 0 Å². The molecule has 0 spiro atoms. The molecule has 0 amide bonds. The SMILES string of the molecule is C[N+](C)(CI)CCCO.[I-]. The zero-order chi connectivity index (χ0) is 7.33. The number of halogens is 2. The second kappa shape index (κ2) is 7.05. The number of hydrogen-bond donors (Lipinski definition) is 1. The summed E-state index contributed by atoms with van der Waals surface area (Å²) in [6.45, 7) is 1.39. The molecule has 2 nitrogen and oxygen atoms in total. The molecule has 0 heterocycles. The number of quaternary nitrogens is 1. The predicted molar refractivity (Wildman–Crippen MR) is 47.6 cm³/mol. The van der Waals surface area contributed by atoms with Crippen LogP contribution in [0.15, 0.2) is 0 Å². The third kappa shape index (κ3) is 7.49. The fourth-order valence-electron chi connectivity index (χ4n) is 0.559. The Labute approximate surface area is 93.7 Å². The van der Waals surface area contributed by atoms with Crippen LogP contribution in [-0.2, 0) is 0 Å². The zero-order valence-corrected chi connectivity index (χ0v) is 10.8. The molecule has 10 heavy (non-hydrogen) atoms. The van der Waals surface area contributed by atoms with E-state index in [1.54, 1.807) is 0 Å². The largest absolute Gasteiger partial charge is 1.00 e. The van der Waals surface area contributed by atoms with Gasteiger partial charge in [-0.1, -0.05) is 0 Å². The van der Waals surface area contributed by atoms with Gasteiger partial charge in [0.2, 0.25) is 0 Å². The zero-order valence-electron chi connectivity index (χ0n) is 6.48. The van der Waals surface area contributed by atoms with E-state index in [0.717, 1.165) is 22.0 Å². The summed E-state index contributed by atoms with van der Waals surface area (Å²) < 4.78 is 2.11. The van der Waals surface area contributed by atoms with Gasteiger partial charge in [0.15, 0.2) is 0 Å². The van der Waals surface area contributed by atoms with Gasteiger partial charge in [-0.2, -0.15) is 0 Å². The molecule has 1 N–H and O–H groups in total. The molecule has 0 fully saturated rings. The van der Waals surface area contributed by atoms with Crippen molar-refractivity contribution in [2.75, 3.05) is 31.8 Å². The lowest BCUT2D eigenvalue weighted by atomic mass is 10.4. The summed E-state index contributed by atoms with van der Waals surface area (Å²) in [7, 11) is 4.34. The molecule has 0 aliphatic carbocycles. The van der Waals surface area contributed by atoms with Crippen molar-refractivity contribution in [1.29, 1.82) is 0 Å². The molecule has 0 saturated heterocycles. The van der Waals surface area contributed by atoms with Gasteiger partial charge in [0, 0.05) is 13.0 Å². The molecule has 0 aromatic carbocycles. The van der Waals surface area contributed by atoms with E-state index in [4.69, 9.17) is 5.11 Å². The molecule has 64 valence electrons. The van der Waals surface area contributed by atoms with E-state index in [1.807, 2.05) is 0 Å². The van der Waals surface area contributed by atoms with Crippen LogP contribution in [0, 0.1) is 0 Å². The average Bonchev–Trinajstić information content (AvgIpc) is 1.84. The van der Waals surface area contributed by atoms with Crippen molar-refractivity contribution >= 4 is 22.6 Å². The first-order chi connectivity index (χ1) is 4.12. The van der Waals surface area contributed by atoms with Crippen LogP contribution < -0.4 is 24.0 Å². The smallest absolute Gasteiger partial charge is 0.129 e. The monoisotopic (exact) mass is 371 g/mol. The first-order valence-electron chi connectivity index (χ1n) is 3.11. The summed E-state index contributed by atoms with van der Waals surface area (Å²) in [5.74, 6) is 0. The van der Waals surface area contributed by atoms with E-state index in [9.17, 15) is 0 Å². The molecule has 0 aliphatic rings. The van der Waals surface area contributed by atoms with Crippen LogP contribution in [0.4, 0.5) is 0 Å². The topological polar surface area (TPSA) is 20.2 Å². The van der Waals surface area contributed by atoms with Crippen LogP contribution >= 0.6 is 22.6 Å². The van der Waals surface area contributed by atoms with Crippen LogP contribution in [0.2, 0.25) is 0 Å². The normalized spacial score (nSPS) is 10.8. The average molecular weight is 371 g/mol. The summed E-state index contributed by atoms with van der Waals surface area (Å²) in [4.78, 5) is 0. The number of hydrogen-bond acceptors (Lipinski definition) is 1.